The zero-order chi connectivity index (χ0) is 36.6. The zero-order valence-corrected chi connectivity index (χ0v) is 30.0. The molecule has 1 aromatic rings. The van der Waals surface area contributed by atoms with Crippen LogP contribution >= 0.6 is 11.6 Å². The molecule has 3 heterocycles. The van der Waals surface area contributed by atoms with Gasteiger partial charge in [-0.2, -0.15) is 0 Å². The lowest BCUT2D eigenvalue weighted by molar-refractivity contribution is -0.161. The third-order valence-corrected chi connectivity index (χ3v) is 10.1. The van der Waals surface area contributed by atoms with Gasteiger partial charge < -0.3 is 43.7 Å². The first-order valence-corrected chi connectivity index (χ1v) is 16.3. The number of carbonyl (C=O) groups is 4. The van der Waals surface area contributed by atoms with Gasteiger partial charge in [0.05, 0.1) is 25.3 Å². The number of halogens is 1. The number of aliphatic hydroxyl groups excluding tert-OH is 1. The summed E-state index contributed by atoms with van der Waals surface area (Å²) in [6, 6.07) is 2.49. The van der Waals surface area contributed by atoms with E-state index in [4.69, 9.17) is 35.3 Å². The normalized spacial score (nSPS) is 33.4. The number of hydrogen-bond acceptors (Lipinski definition) is 11. The van der Waals surface area contributed by atoms with Gasteiger partial charge in [-0.25, -0.2) is 9.59 Å². The number of rotatable bonds is 5. The summed E-state index contributed by atoms with van der Waals surface area (Å²) < 4.78 is 28.7. The maximum Gasteiger partial charge on any atom is 0.409 e. The van der Waals surface area contributed by atoms with Crippen LogP contribution in [0.4, 0.5) is 10.5 Å². The molecule has 8 atom stereocenters. The summed E-state index contributed by atoms with van der Waals surface area (Å²) in [6.45, 7) is 8.06. The first kappa shape index (κ1) is 38.0. The van der Waals surface area contributed by atoms with Crippen molar-refractivity contribution in [3.8, 4) is 5.75 Å². The molecule has 270 valence electrons. The highest BCUT2D eigenvalue weighted by atomic mass is 35.5. The number of likely N-dealkylation sites (N-methyl/N-ethyl adjacent to an activating group) is 1. The second-order valence-corrected chi connectivity index (χ2v) is 13.6. The number of fused-ring (bicyclic) bond motifs is 5. The maximum absolute atomic E-state index is 14.0. The maximum atomic E-state index is 14.0. The Morgan fingerprint density at radius 2 is 1.90 bits per heavy atom. The number of allylic oxidation sites excluding steroid dienone is 3. The quantitative estimate of drug-likeness (QED) is 0.302. The van der Waals surface area contributed by atoms with Crippen molar-refractivity contribution in [2.75, 3.05) is 33.2 Å². The molecule has 2 fully saturated rings. The highest BCUT2D eigenvalue weighted by Gasteiger charge is 2.64. The van der Waals surface area contributed by atoms with Crippen LogP contribution in [0.1, 0.15) is 53.0 Å². The lowest BCUT2D eigenvalue weighted by Gasteiger charge is -2.42. The van der Waals surface area contributed by atoms with Crippen molar-refractivity contribution in [2.24, 2.45) is 5.92 Å². The van der Waals surface area contributed by atoms with E-state index in [-0.39, 0.29) is 29.5 Å². The summed E-state index contributed by atoms with van der Waals surface area (Å²) in [7, 11) is 5.75. The molecule has 1 aromatic carbocycles. The number of esters is 1. The van der Waals surface area contributed by atoms with Crippen LogP contribution in [-0.2, 0) is 39.8 Å². The van der Waals surface area contributed by atoms with E-state index < -0.39 is 65.7 Å². The van der Waals surface area contributed by atoms with Gasteiger partial charge in [0.2, 0.25) is 11.8 Å². The van der Waals surface area contributed by atoms with Crippen molar-refractivity contribution in [1.29, 1.82) is 0 Å². The monoisotopic (exact) mass is 707 g/mol. The third kappa shape index (κ3) is 7.82. The van der Waals surface area contributed by atoms with Crippen LogP contribution in [0.3, 0.4) is 0 Å². The molecule has 3 aliphatic rings. The van der Waals surface area contributed by atoms with Crippen LogP contribution in [0.2, 0.25) is 5.02 Å². The Kier molecular flexibility index (Phi) is 11.3. The van der Waals surface area contributed by atoms with Gasteiger partial charge in [-0.3, -0.25) is 14.9 Å². The molecule has 1 unspecified atom stereocenters. The van der Waals surface area contributed by atoms with Crippen molar-refractivity contribution >= 4 is 41.2 Å². The number of aliphatic hydroxyl groups is 2. The van der Waals surface area contributed by atoms with Gasteiger partial charge in [0.15, 0.2) is 11.8 Å². The average molecular weight is 708 g/mol. The lowest BCUT2D eigenvalue weighted by Crippen LogP contribution is -2.64. The van der Waals surface area contributed by atoms with Gasteiger partial charge in [-0.1, -0.05) is 30.2 Å². The second kappa shape index (κ2) is 14.6. The van der Waals surface area contributed by atoms with Crippen LogP contribution in [0.5, 0.6) is 5.75 Å². The predicted molar refractivity (Wildman–Crippen MR) is 178 cm³/mol. The minimum absolute atomic E-state index is 0.190. The van der Waals surface area contributed by atoms with Crippen molar-refractivity contribution in [3.05, 3.63) is 46.2 Å². The van der Waals surface area contributed by atoms with Gasteiger partial charge in [0, 0.05) is 40.5 Å². The Labute approximate surface area is 290 Å². The molecule has 49 heavy (non-hydrogen) atoms. The summed E-state index contributed by atoms with van der Waals surface area (Å²) in [5, 5.41) is 25.3. The van der Waals surface area contributed by atoms with E-state index in [1.165, 1.54) is 51.0 Å². The number of anilines is 1. The molecule has 2 saturated heterocycles. The largest absolute Gasteiger partial charge is 0.509 e. The molecule has 3 amide bonds. The highest BCUT2D eigenvalue weighted by Crippen LogP contribution is 2.49. The number of benzene rings is 1. The molecular weight excluding hydrogens is 662 g/mol. The molecule has 0 spiro atoms. The fourth-order valence-corrected chi connectivity index (χ4v) is 6.70. The van der Waals surface area contributed by atoms with E-state index in [1.807, 2.05) is 6.92 Å². The lowest BCUT2D eigenvalue weighted by atomic mass is 9.83. The summed E-state index contributed by atoms with van der Waals surface area (Å²) in [5.74, 6) is -2.19. The molecule has 4 bridgehead atoms. The van der Waals surface area contributed by atoms with Crippen LogP contribution in [-0.4, -0.2) is 109 Å². The van der Waals surface area contributed by atoms with Crippen LogP contribution < -0.4 is 15.0 Å². The number of hydrogen-bond donors (Lipinski definition) is 3. The number of alkyl carbamates (subject to hydrolysis) is 1. The highest BCUT2D eigenvalue weighted by molar-refractivity contribution is 6.35. The summed E-state index contributed by atoms with van der Waals surface area (Å²) >= 11 is 6.70. The number of nitrogens with one attached hydrogen (secondary N) is 1. The zero-order valence-electron chi connectivity index (χ0n) is 29.2. The molecule has 0 radical (unpaired) electrons. The van der Waals surface area contributed by atoms with E-state index >= 15 is 0 Å². The third-order valence-electron chi connectivity index (χ3n) is 9.71. The standard InChI is InChI=1S/C34H46ClN3O11/c1-17-10-11-23(40)30(46-9)34(44)16-25(47-32(43)36-34)18(2)29-33(5,49-29)26(48-31(42)19(3)37(6)20(4)39)15-27(41)38(7)22-13-21(12-17)14-24(45-8)28(22)35/h10-11,13-14,18-19,25-26,29-30,40,44H,12,15-16H2,1-9H3,(H,36,43)/b17-10+,23-11-/t18-,19+,25+,26+,29+,30?,33+,34+/m1/s1. The molecule has 15 heteroatoms. The number of methoxy groups -OCH3 is 2. The molecular formula is C34H46ClN3O11. The van der Waals surface area contributed by atoms with Crippen LogP contribution in [0.15, 0.2) is 35.6 Å². The molecule has 14 nitrogen and oxygen atoms in total. The van der Waals surface area contributed by atoms with Crippen molar-refractivity contribution < 1.29 is 53.1 Å². The van der Waals surface area contributed by atoms with E-state index in [9.17, 15) is 29.4 Å². The van der Waals surface area contributed by atoms with Gasteiger partial charge in [-0.15, -0.1) is 0 Å². The van der Waals surface area contributed by atoms with Gasteiger partial charge in [0.25, 0.3) is 0 Å². The Bertz CT molecular complexity index is 1550. The fourth-order valence-electron chi connectivity index (χ4n) is 6.38. The minimum Gasteiger partial charge on any atom is -0.509 e. The van der Waals surface area contributed by atoms with Crippen LogP contribution in [0, 0.1) is 5.92 Å². The number of nitrogens with zero attached hydrogens (tertiary/aromatic N) is 2. The summed E-state index contributed by atoms with van der Waals surface area (Å²) in [6.07, 6.45) is -2.28. The van der Waals surface area contributed by atoms with Crippen molar-refractivity contribution in [3.63, 3.8) is 0 Å². The topological polar surface area (TPSA) is 177 Å². The minimum atomic E-state index is -2.07. The molecule has 3 aliphatic heterocycles. The first-order chi connectivity index (χ1) is 22.9. The SMILES string of the molecule is COc1cc2cc(c1Cl)N(C)C(=O)C[C@H](OC(=O)[C@H](C)N(C)C(C)=O)[C@]1(C)O[C@H]1[C@H](C)[C@@H]1C[C@@](O)(NC(=O)O1)C(OC)/C(O)=C/C=C(\C)C2. The van der Waals surface area contributed by atoms with Crippen molar-refractivity contribution in [1.82, 2.24) is 10.2 Å². The smallest absolute Gasteiger partial charge is 0.409 e. The van der Waals surface area contributed by atoms with Gasteiger partial charge in [0.1, 0.15) is 40.4 Å². The average Bonchev–Trinajstić information content (AvgIpc) is 3.74. The Morgan fingerprint density at radius 3 is 2.51 bits per heavy atom. The molecule has 4 rings (SSSR count). The molecule has 3 N–H and O–H groups in total. The van der Waals surface area contributed by atoms with Crippen molar-refractivity contribution in [2.45, 2.75) is 95.7 Å². The number of carbonyl (C=O) groups excluding carboxylic acids is 4. The summed E-state index contributed by atoms with van der Waals surface area (Å²) in [4.78, 5) is 54.7. The first-order valence-electron chi connectivity index (χ1n) is 15.9. The fraction of sp³-hybridized carbons (Fsp3) is 0.588. The van der Waals surface area contributed by atoms with E-state index in [0.717, 1.165) is 11.1 Å². The number of amides is 3. The van der Waals surface area contributed by atoms with E-state index in [2.05, 4.69) is 5.32 Å². The number of ether oxygens (including phenoxy) is 5. The van der Waals surface area contributed by atoms with Gasteiger partial charge >= 0.3 is 12.1 Å². The predicted octanol–water partition coefficient (Wildman–Crippen LogP) is 3.42. The Morgan fingerprint density at radius 1 is 1.22 bits per heavy atom. The number of epoxide rings is 1. The molecule has 0 aliphatic carbocycles. The summed E-state index contributed by atoms with van der Waals surface area (Å²) in [5.41, 5.74) is -1.46. The second-order valence-electron chi connectivity index (χ2n) is 13.2. The van der Waals surface area contributed by atoms with Crippen LogP contribution in [0.25, 0.3) is 0 Å². The Hall–Kier alpha value is -3.85. The Balaban J connectivity index is 1.82. The molecule has 0 saturated carbocycles. The van der Waals surface area contributed by atoms with Gasteiger partial charge in [-0.05, 0) is 51.0 Å². The van der Waals surface area contributed by atoms with E-state index in [1.54, 1.807) is 39.1 Å². The van der Waals surface area contributed by atoms with E-state index in [0.29, 0.717) is 17.9 Å². The molecule has 0 aromatic heterocycles.